The molecule has 2 aliphatic heterocycles. The maximum atomic E-state index is 12.4. The number of rotatable bonds is 3. The number of hydrogen-bond acceptors (Lipinski definition) is 4. The van der Waals surface area contributed by atoms with Crippen molar-refractivity contribution in [1.82, 2.24) is 4.90 Å². The van der Waals surface area contributed by atoms with Gasteiger partial charge < -0.3 is 9.64 Å². The van der Waals surface area contributed by atoms with Gasteiger partial charge in [-0.1, -0.05) is 41.4 Å². The van der Waals surface area contributed by atoms with Crippen molar-refractivity contribution in [1.29, 1.82) is 0 Å². The third-order valence-electron chi connectivity index (χ3n) is 5.14. The third-order valence-corrected chi connectivity index (χ3v) is 5.63. The Balaban J connectivity index is 1.38. The van der Waals surface area contributed by atoms with Gasteiger partial charge in [0.05, 0.1) is 0 Å². The summed E-state index contributed by atoms with van der Waals surface area (Å²) in [6.45, 7) is 3.41. The van der Waals surface area contributed by atoms with Crippen molar-refractivity contribution in [2.45, 2.75) is 18.6 Å². The van der Waals surface area contributed by atoms with E-state index in [1.165, 1.54) is 0 Å². The molecule has 26 heavy (non-hydrogen) atoms. The van der Waals surface area contributed by atoms with Crippen LogP contribution < -0.4 is 4.90 Å². The zero-order chi connectivity index (χ0) is 18.1. The summed E-state index contributed by atoms with van der Waals surface area (Å²) in [4.78, 5) is 16.9. The van der Waals surface area contributed by atoms with Crippen LogP contribution in [0.25, 0.3) is 0 Å². The SMILES string of the molecule is O=C1OC(c2ccc(Cl)cc2)CC1N1CCN(c2cccc(Cl)c2)CC1. The molecule has 0 aromatic heterocycles. The number of carbonyl (C=O) groups is 1. The first-order chi connectivity index (χ1) is 12.6. The van der Waals surface area contributed by atoms with E-state index < -0.39 is 0 Å². The Morgan fingerprint density at radius 1 is 0.923 bits per heavy atom. The van der Waals surface area contributed by atoms with Crippen molar-refractivity contribution in [2.24, 2.45) is 0 Å². The molecule has 2 aromatic carbocycles. The lowest BCUT2D eigenvalue weighted by molar-refractivity contribution is -0.145. The molecule has 2 fully saturated rings. The molecule has 2 aliphatic rings. The average molecular weight is 391 g/mol. The summed E-state index contributed by atoms with van der Waals surface area (Å²) in [6, 6.07) is 15.3. The van der Waals surface area contributed by atoms with Crippen molar-refractivity contribution < 1.29 is 9.53 Å². The van der Waals surface area contributed by atoms with Crippen LogP contribution in [0.3, 0.4) is 0 Å². The van der Waals surface area contributed by atoms with E-state index in [2.05, 4.69) is 15.9 Å². The second-order valence-electron chi connectivity index (χ2n) is 6.73. The van der Waals surface area contributed by atoms with Crippen LogP contribution in [0.15, 0.2) is 48.5 Å². The van der Waals surface area contributed by atoms with Crippen LogP contribution in [-0.4, -0.2) is 43.1 Å². The van der Waals surface area contributed by atoms with Crippen molar-refractivity contribution in [3.05, 3.63) is 64.1 Å². The second-order valence-corrected chi connectivity index (χ2v) is 7.60. The van der Waals surface area contributed by atoms with Gasteiger partial charge in [-0.3, -0.25) is 9.69 Å². The molecule has 0 bridgehead atoms. The van der Waals surface area contributed by atoms with E-state index in [0.29, 0.717) is 11.4 Å². The summed E-state index contributed by atoms with van der Waals surface area (Å²) in [7, 11) is 0. The lowest BCUT2D eigenvalue weighted by Crippen LogP contribution is -2.51. The zero-order valence-corrected chi connectivity index (χ0v) is 15.8. The quantitative estimate of drug-likeness (QED) is 0.736. The van der Waals surface area contributed by atoms with Gasteiger partial charge in [0.25, 0.3) is 0 Å². The van der Waals surface area contributed by atoms with E-state index >= 15 is 0 Å². The van der Waals surface area contributed by atoms with E-state index in [4.69, 9.17) is 27.9 Å². The Labute approximate surface area is 163 Å². The van der Waals surface area contributed by atoms with Gasteiger partial charge in [-0.25, -0.2) is 0 Å². The highest BCUT2D eigenvalue weighted by Gasteiger charge is 2.40. The van der Waals surface area contributed by atoms with Crippen LogP contribution in [0.1, 0.15) is 18.1 Å². The average Bonchev–Trinajstić information content (AvgIpc) is 3.04. The standard InChI is InChI=1S/C20H20Cl2N2O2/c21-15-6-4-14(5-7-15)19-13-18(20(25)26-19)24-10-8-23(9-11-24)17-3-1-2-16(22)12-17/h1-7,12,18-19H,8-11,13H2. The minimum atomic E-state index is -0.185. The van der Waals surface area contributed by atoms with Crippen LogP contribution in [0.4, 0.5) is 5.69 Å². The van der Waals surface area contributed by atoms with Crippen LogP contribution in [0.5, 0.6) is 0 Å². The minimum Gasteiger partial charge on any atom is -0.456 e. The molecule has 2 saturated heterocycles. The first kappa shape index (κ1) is 17.7. The van der Waals surface area contributed by atoms with E-state index in [1.807, 2.05) is 42.5 Å². The van der Waals surface area contributed by atoms with E-state index in [-0.39, 0.29) is 18.1 Å². The molecule has 0 aliphatic carbocycles. The maximum Gasteiger partial charge on any atom is 0.324 e. The highest BCUT2D eigenvalue weighted by Crippen LogP contribution is 2.33. The summed E-state index contributed by atoms with van der Waals surface area (Å²) >= 11 is 12.0. The first-order valence-corrected chi connectivity index (χ1v) is 9.56. The predicted molar refractivity (Wildman–Crippen MR) is 104 cm³/mol. The van der Waals surface area contributed by atoms with Gasteiger partial charge in [-0.05, 0) is 35.9 Å². The summed E-state index contributed by atoms with van der Waals surface area (Å²) in [5.74, 6) is -0.124. The molecule has 0 N–H and O–H groups in total. The molecule has 2 aromatic rings. The van der Waals surface area contributed by atoms with Gasteiger partial charge in [0.2, 0.25) is 0 Å². The number of cyclic esters (lactones) is 1. The molecule has 2 heterocycles. The number of benzene rings is 2. The summed E-state index contributed by atoms with van der Waals surface area (Å²) in [5, 5.41) is 1.43. The van der Waals surface area contributed by atoms with Crippen molar-refractivity contribution in [2.75, 3.05) is 31.1 Å². The van der Waals surface area contributed by atoms with Crippen LogP contribution in [-0.2, 0) is 9.53 Å². The van der Waals surface area contributed by atoms with Crippen LogP contribution in [0, 0.1) is 0 Å². The molecule has 2 atom stereocenters. The molecule has 2 unspecified atom stereocenters. The molecule has 0 saturated carbocycles. The highest BCUT2D eigenvalue weighted by atomic mass is 35.5. The summed E-state index contributed by atoms with van der Waals surface area (Å²) < 4.78 is 5.63. The molecule has 0 radical (unpaired) electrons. The number of piperazine rings is 1. The van der Waals surface area contributed by atoms with Gasteiger partial charge in [0, 0.05) is 48.3 Å². The number of halogens is 2. The Morgan fingerprint density at radius 2 is 1.65 bits per heavy atom. The van der Waals surface area contributed by atoms with E-state index in [1.54, 1.807) is 0 Å². The van der Waals surface area contributed by atoms with Gasteiger partial charge >= 0.3 is 5.97 Å². The highest BCUT2D eigenvalue weighted by molar-refractivity contribution is 6.31. The van der Waals surface area contributed by atoms with Crippen LogP contribution >= 0.6 is 23.2 Å². The fourth-order valence-electron chi connectivity index (χ4n) is 3.71. The smallest absolute Gasteiger partial charge is 0.324 e. The zero-order valence-electron chi connectivity index (χ0n) is 14.3. The maximum absolute atomic E-state index is 12.4. The second kappa shape index (κ2) is 7.47. The van der Waals surface area contributed by atoms with Crippen molar-refractivity contribution in [3.8, 4) is 0 Å². The fourth-order valence-corrected chi connectivity index (χ4v) is 4.02. The normalized spacial score (nSPS) is 23.9. The number of anilines is 1. The Kier molecular flexibility index (Phi) is 5.07. The number of nitrogens with zero attached hydrogens (tertiary/aromatic N) is 2. The van der Waals surface area contributed by atoms with E-state index in [9.17, 15) is 4.79 Å². The molecular weight excluding hydrogens is 371 g/mol. The minimum absolute atomic E-state index is 0.124. The molecular formula is C20H20Cl2N2O2. The third kappa shape index (κ3) is 3.68. The van der Waals surface area contributed by atoms with Gasteiger partial charge in [-0.15, -0.1) is 0 Å². The molecule has 6 heteroatoms. The largest absolute Gasteiger partial charge is 0.456 e. The number of hydrogen-bond donors (Lipinski definition) is 0. The first-order valence-electron chi connectivity index (χ1n) is 8.81. The lowest BCUT2D eigenvalue weighted by atomic mass is 10.0. The lowest BCUT2D eigenvalue weighted by Gasteiger charge is -2.37. The van der Waals surface area contributed by atoms with Gasteiger partial charge in [0.15, 0.2) is 0 Å². The molecule has 0 amide bonds. The van der Waals surface area contributed by atoms with Gasteiger partial charge in [-0.2, -0.15) is 0 Å². The Hall–Kier alpha value is -1.75. The fraction of sp³-hybridized carbons (Fsp3) is 0.350. The molecule has 0 spiro atoms. The predicted octanol–water partition coefficient (Wildman–Crippen LogP) is 4.17. The number of esters is 1. The Morgan fingerprint density at radius 3 is 2.35 bits per heavy atom. The van der Waals surface area contributed by atoms with Crippen molar-refractivity contribution in [3.63, 3.8) is 0 Å². The number of ether oxygens (including phenoxy) is 1. The monoisotopic (exact) mass is 390 g/mol. The summed E-state index contributed by atoms with van der Waals surface area (Å²) in [5.41, 5.74) is 2.13. The number of carbonyl (C=O) groups excluding carboxylic acids is 1. The van der Waals surface area contributed by atoms with E-state index in [0.717, 1.165) is 42.5 Å². The van der Waals surface area contributed by atoms with Crippen molar-refractivity contribution >= 4 is 34.9 Å². The molecule has 4 nitrogen and oxygen atoms in total. The van der Waals surface area contributed by atoms with Gasteiger partial charge in [0.1, 0.15) is 12.1 Å². The topological polar surface area (TPSA) is 32.8 Å². The Bertz CT molecular complexity index is 789. The molecule has 4 rings (SSSR count). The molecule has 136 valence electrons. The summed E-state index contributed by atoms with van der Waals surface area (Å²) in [6.07, 6.45) is 0.508. The van der Waals surface area contributed by atoms with Crippen LogP contribution in [0.2, 0.25) is 10.0 Å².